The van der Waals surface area contributed by atoms with Crippen molar-refractivity contribution in [3.63, 3.8) is 0 Å². The van der Waals surface area contributed by atoms with Gasteiger partial charge in [0.1, 0.15) is 5.75 Å². The molecule has 7 nitrogen and oxygen atoms in total. The second-order valence-electron chi connectivity index (χ2n) is 7.19. The van der Waals surface area contributed by atoms with E-state index in [-0.39, 0.29) is 24.5 Å². The van der Waals surface area contributed by atoms with Crippen molar-refractivity contribution >= 4 is 29.1 Å². The van der Waals surface area contributed by atoms with Gasteiger partial charge in [-0.2, -0.15) is 0 Å². The predicted molar refractivity (Wildman–Crippen MR) is 124 cm³/mol. The van der Waals surface area contributed by atoms with Crippen LogP contribution in [0.15, 0.2) is 78.9 Å². The molecule has 0 bridgehead atoms. The summed E-state index contributed by atoms with van der Waals surface area (Å²) in [4.78, 5) is 36.3. The van der Waals surface area contributed by atoms with Gasteiger partial charge in [-0.1, -0.05) is 42.5 Å². The molecule has 1 unspecified atom stereocenters. The van der Waals surface area contributed by atoms with Crippen molar-refractivity contribution in [2.45, 2.75) is 19.9 Å². The number of nitrogens with one attached hydrogen (secondary N) is 3. The van der Waals surface area contributed by atoms with E-state index in [0.29, 0.717) is 22.7 Å². The maximum atomic E-state index is 12.8. The fourth-order valence-corrected chi connectivity index (χ4v) is 3.06. The van der Waals surface area contributed by atoms with Crippen molar-refractivity contribution in [3.05, 3.63) is 90.0 Å². The van der Waals surface area contributed by atoms with Gasteiger partial charge in [-0.3, -0.25) is 14.4 Å². The maximum Gasteiger partial charge on any atom is 0.262 e. The van der Waals surface area contributed by atoms with Gasteiger partial charge in [0.2, 0.25) is 5.91 Å². The largest absolute Gasteiger partial charge is 0.484 e. The molecule has 0 heterocycles. The topological polar surface area (TPSA) is 96.5 Å². The molecule has 0 aromatic heterocycles. The standard InChI is InChI=1S/C25H25N3O4/c1-17(19-8-4-3-5-9-19)26-25(31)22-10-6-7-11-23(22)28-24(30)16-32-21-14-12-20(13-15-21)27-18(2)29/h3-15,17H,16H2,1-2H3,(H,26,31)(H,27,29)(H,28,30). The summed E-state index contributed by atoms with van der Waals surface area (Å²) in [6.07, 6.45) is 0. The quantitative estimate of drug-likeness (QED) is 0.499. The van der Waals surface area contributed by atoms with Crippen molar-refractivity contribution in [2.24, 2.45) is 0 Å². The van der Waals surface area contributed by atoms with E-state index in [2.05, 4.69) is 16.0 Å². The highest BCUT2D eigenvalue weighted by Gasteiger charge is 2.16. The lowest BCUT2D eigenvalue weighted by atomic mass is 10.1. The molecule has 0 aliphatic carbocycles. The zero-order valence-corrected chi connectivity index (χ0v) is 17.9. The van der Waals surface area contributed by atoms with Gasteiger partial charge in [0.25, 0.3) is 11.8 Å². The van der Waals surface area contributed by atoms with E-state index < -0.39 is 5.91 Å². The summed E-state index contributed by atoms with van der Waals surface area (Å²) < 4.78 is 5.50. The Morgan fingerprint density at radius 2 is 1.50 bits per heavy atom. The van der Waals surface area contributed by atoms with Gasteiger partial charge in [-0.05, 0) is 48.9 Å². The van der Waals surface area contributed by atoms with Crippen LogP contribution in [0.2, 0.25) is 0 Å². The lowest BCUT2D eigenvalue weighted by Crippen LogP contribution is -2.28. The van der Waals surface area contributed by atoms with E-state index in [1.54, 1.807) is 48.5 Å². The maximum absolute atomic E-state index is 12.8. The number of benzene rings is 3. The Hall–Kier alpha value is -4.13. The van der Waals surface area contributed by atoms with Crippen LogP contribution in [0, 0.1) is 0 Å². The first-order valence-corrected chi connectivity index (χ1v) is 10.2. The average molecular weight is 431 g/mol. The van der Waals surface area contributed by atoms with Crippen molar-refractivity contribution < 1.29 is 19.1 Å². The zero-order chi connectivity index (χ0) is 22.9. The van der Waals surface area contributed by atoms with E-state index >= 15 is 0 Å². The molecular formula is C25H25N3O4. The fraction of sp³-hybridized carbons (Fsp3) is 0.160. The van der Waals surface area contributed by atoms with Gasteiger partial charge in [0.15, 0.2) is 6.61 Å². The first-order valence-electron chi connectivity index (χ1n) is 10.2. The second kappa shape index (κ2) is 10.8. The Balaban J connectivity index is 1.58. The minimum Gasteiger partial charge on any atom is -0.484 e. The van der Waals surface area contributed by atoms with Gasteiger partial charge in [0.05, 0.1) is 17.3 Å². The SMILES string of the molecule is CC(=O)Nc1ccc(OCC(=O)Nc2ccccc2C(=O)NC(C)c2ccccc2)cc1. The van der Waals surface area contributed by atoms with Crippen LogP contribution in [0.4, 0.5) is 11.4 Å². The Kier molecular flexibility index (Phi) is 7.59. The summed E-state index contributed by atoms with van der Waals surface area (Å²) in [5.74, 6) is -0.366. The van der Waals surface area contributed by atoms with Crippen LogP contribution < -0.4 is 20.7 Å². The highest BCUT2D eigenvalue weighted by Crippen LogP contribution is 2.19. The van der Waals surface area contributed by atoms with Gasteiger partial charge in [-0.25, -0.2) is 0 Å². The normalized spacial score (nSPS) is 11.2. The van der Waals surface area contributed by atoms with Crippen LogP contribution >= 0.6 is 0 Å². The van der Waals surface area contributed by atoms with Crippen LogP contribution in [0.1, 0.15) is 35.8 Å². The number of rotatable bonds is 8. The summed E-state index contributed by atoms with van der Waals surface area (Å²) in [5.41, 5.74) is 2.39. The third-order valence-electron chi connectivity index (χ3n) is 4.64. The number of ether oxygens (including phenoxy) is 1. The molecule has 32 heavy (non-hydrogen) atoms. The average Bonchev–Trinajstić information content (AvgIpc) is 2.79. The molecular weight excluding hydrogens is 406 g/mol. The van der Waals surface area contributed by atoms with Crippen LogP contribution in [0.25, 0.3) is 0 Å². The fourth-order valence-electron chi connectivity index (χ4n) is 3.06. The summed E-state index contributed by atoms with van der Waals surface area (Å²) in [6.45, 7) is 3.10. The molecule has 1 atom stereocenters. The number of carbonyl (C=O) groups excluding carboxylic acids is 3. The number of hydrogen-bond donors (Lipinski definition) is 3. The summed E-state index contributed by atoms with van der Waals surface area (Å²) >= 11 is 0. The Labute approximate surface area is 186 Å². The van der Waals surface area contributed by atoms with Crippen LogP contribution in [-0.2, 0) is 9.59 Å². The number of carbonyl (C=O) groups is 3. The zero-order valence-electron chi connectivity index (χ0n) is 17.9. The Morgan fingerprint density at radius 1 is 0.844 bits per heavy atom. The van der Waals surface area contributed by atoms with Crippen LogP contribution in [0.3, 0.4) is 0 Å². The van der Waals surface area contributed by atoms with E-state index in [4.69, 9.17) is 4.74 Å². The molecule has 0 spiro atoms. The molecule has 3 aromatic rings. The highest BCUT2D eigenvalue weighted by molar-refractivity contribution is 6.04. The monoisotopic (exact) mass is 431 g/mol. The highest BCUT2D eigenvalue weighted by atomic mass is 16.5. The summed E-state index contributed by atoms with van der Waals surface area (Å²) in [7, 11) is 0. The lowest BCUT2D eigenvalue weighted by molar-refractivity contribution is -0.118. The van der Waals surface area contributed by atoms with Gasteiger partial charge in [0, 0.05) is 12.6 Å². The molecule has 3 amide bonds. The van der Waals surface area contributed by atoms with Crippen molar-refractivity contribution in [1.29, 1.82) is 0 Å². The van der Waals surface area contributed by atoms with Gasteiger partial charge < -0.3 is 20.7 Å². The Morgan fingerprint density at radius 3 is 2.19 bits per heavy atom. The third kappa shape index (κ3) is 6.43. The van der Waals surface area contributed by atoms with E-state index in [9.17, 15) is 14.4 Å². The molecule has 3 aromatic carbocycles. The van der Waals surface area contributed by atoms with Crippen molar-refractivity contribution in [2.75, 3.05) is 17.2 Å². The minimum absolute atomic E-state index is 0.168. The van der Waals surface area contributed by atoms with E-state index in [1.165, 1.54) is 6.92 Å². The molecule has 0 aliphatic rings. The first kappa shape index (κ1) is 22.6. The summed E-state index contributed by atoms with van der Waals surface area (Å²) in [6, 6.07) is 22.9. The minimum atomic E-state index is -0.396. The molecule has 0 radical (unpaired) electrons. The number of para-hydroxylation sites is 1. The lowest BCUT2D eigenvalue weighted by Gasteiger charge is -2.16. The first-order chi connectivity index (χ1) is 15.4. The third-order valence-corrected chi connectivity index (χ3v) is 4.64. The smallest absolute Gasteiger partial charge is 0.262 e. The molecule has 3 rings (SSSR count). The molecule has 164 valence electrons. The van der Waals surface area contributed by atoms with Crippen molar-refractivity contribution in [3.8, 4) is 5.75 Å². The van der Waals surface area contributed by atoms with Crippen LogP contribution in [-0.4, -0.2) is 24.3 Å². The molecule has 0 fully saturated rings. The molecule has 0 saturated heterocycles. The van der Waals surface area contributed by atoms with E-state index in [1.807, 2.05) is 37.3 Å². The molecule has 0 aliphatic heterocycles. The number of anilines is 2. The van der Waals surface area contributed by atoms with Gasteiger partial charge in [-0.15, -0.1) is 0 Å². The molecule has 0 saturated carbocycles. The number of hydrogen-bond acceptors (Lipinski definition) is 4. The Bertz CT molecular complexity index is 1080. The van der Waals surface area contributed by atoms with Crippen LogP contribution in [0.5, 0.6) is 5.75 Å². The summed E-state index contributed by atoms with van der Waals surface area (Å²) in [5, 5.41) is 8.34. The van der Waals surface area contributed by atoms with E-state index in [0.717, 1.165) is 5.56 Å². The van der Waals surface area contributed by atoms with Gasteiger partial charge >= 0.3 is 0 Å². The molecule has 7 heteroatoms. The second-order valence-corrected chi connectivity index (χ2v) is 7.19. The predicted octanol–water partition coefficient (Wildman–Crippen LogP) is 4.15. The molecule has 3 N–H and O–H groups in total. The number of amides is 3. The van der Waals surface area contributed by atoms with Crippen molar-refractivity contribution in [1.82, 2.24) is 5.32 Å².